The van der Waals surface area contributed by atoms with Crippen LogP contribution in [0.15, 0.2) is 23.0 Å². The fraction of sp³-hybridized carbons (Fsp3) is 0.421. The average Bonchev–Trinajstić information content (AvgIpc) is 2.36. The summed E-state index contributed by atoms with van der Waals surface area (Å²) in [5.74, 6) is 1.62. The molecule has 0 aliphatic heterocycles. The summed E-state index contributed by atoms with van der Waals surface area (Å²) in [5.41, 5.74) is 4.94. The molecule has 1 heterocycles. The van der Waals surface area contributed by atoms with E-state index in [1.54, 1.807) is 0 Å². The van der Waals surface area contributed by atoms with E-state index in [0.29, 0.717) is 0 Å². The van der Waals surface area contributed by atoms with E-state index in [-0.39, 0.29) is 11.5 Å². The third-order valence-corrected chi connectivity index (χ3v) is 3.86. The third-order valence-electron chi connectivity index (χ3n) is 3.86. The maximum Gasteiger partial charge on any atom is 0.255 e. The van der Waals surface area contributed by atoms with E-state index in [0.717, 1.165) is 45.9 Å². The maximum atomic E-state index is 12.4. The molecule has 0 spiro atoms. The van der Waals surface area contributed by atoms with Gasteiger partial charge < -0.3 is 9.72 Å². The third kappa shape index (κ3) is 3.24. The molecule has 1 N–H and O–H groups in total. The standard InChI is InChI=1S/C19H25NO2/c1-7-16-14(6)20-19(21)17(11(2)3)18(16)22-15-9-12(4)8-13(5)10-15/h8-11H,7H2,1-6H3,(H,20,21). The van der Waals surface area contributed by atoms with Gasteiger partial charge in [-0.2, -0.15) is 0 Å². The molecule has 0 amide bonds. The molecule has 0 saturated carbocycles. The van der Waals surface area contributed by atoms with Gasteiger partial charge in [0.15, 0.2) is 0 Å². The minimum absolute atomic E-state index is 0.0518. The lowest BCUT2D eigenvalue weighted by atomic mass is 9.98. The van der Waals surface area contributed by atoms with Crippen molar-refractivity contribution in [3.05, 3.63) is 56.5 Å². The largest absolute Gasteiger partial charge is 0.456 e. The summed E-state index contributed by atoms with van der Waals surface area (Å²) in [6.07, 6.45) is 0.822. The summed E-state index contributed by atoms with van der Waals surface area (Å²) in [7, 11) is 0. The van der Waals surface area contributed by atoms with Crippen molar-refractivity contribution in [2.24, 2.45) is 0 Å². The fourth-order valence-corrected chi connectivity index (χ4v) is 2.93. The number of aromatic amines is 1. The quantitative estimate of drug-likeness (QED) is 0.883. The molecule has 0 fully saturated rings. The molecule has 118 valence electrons. The molecule has 2 rings (SSSR count). The number of ether oxygens (including phenoxy) is 1. The zero-order valence-electron chi connectivity index (χ0n) is 14.3. The van der Waals surface area contributed by atoms with Crippen molar-refractivity contribution in [1.82, 2.24) is 4.98 Å². The van der Waals surface area contributed by atoms with Crippen molar-refractivity contribution in [1.29, 1.82) is 0 Å². The van der Waals surface area contributed by atoms with Crippen LogP contribution >= 0.6 is 0 Å². The summed E-state index contributed by atoms with van der Waals surface area (Å²) >= 11 is 0. The predicted octanol–water partition coefficient (Wildman–Crippen LogP) is 4.78. The summed E-state index contributed by atoms with van der Waals surface area (Å²) in [4.78, 5) is 15.3. The van der Waals surface area contributed by atoms with E-state index >= 15 is 0 Å². The number of hydrogen-bond donors (Lipinski definition) is 1. The van der Waals surface area contributed by atoms with Crippen LogP contribution in [-0.2, 0) is 6.42 Å². The molecule has 0 bridgehead atoms. The Hall–Kier alpha value is -2.03. The molecule has 3 nitrogen and oxygen atoms in total. The van der Waals surface area contributed by atoms with Crippen molar-refractivity contribution >= 4 is 0 Å². The Balaban J connectivity index is 2.64. The number of H-pyrrole nitrogens is 1. The highest BCUT2D eigenvalue weighted by atomic mass is 16.5. The highest BCUT2D eigenvalue weighted by molar-refractivity contribution is 5.47. The molecule has 22 heavy (non-hydrogen) atoms. The van der Waals surface area contributed by atoms with E-state index in [9.17, 15) is 4.79 Å². The van der Waals surface area contributed by atoms with Crippen molar-refractivity contribution in [2.75, 3.05) is 0 Å². The molecular weight excluding hydrogens is 274 g/mol. The Bertz CT molecular complexity index is 722. The van der Waals surface area contributed by atoms with E-state index in [2.05, 4.69) is 18.0 Å². The van der Waals surface area contributed by atoms with Crippen LogP contribution in [0.25, 0.3) is 0 Å². The minimum atomic E-state index is -0.0518. The lowest BCUT2D eigenvalue weighted by Gasteiger charge is -2.18. The van der Waals surface area contributed by atoms with Crippen LogP contribution in [0.4, 0.5) is 0 Å². The number of hydrogen-bond acceptors (Lipinski definition) is 2. The Morgan fingerprint density at radius 1 is 1.09 bits per heavy atom. The van der Waals surface area contributed by atoms with Crippen LogP contribution in [-0.4, -0.2) is 4.98 Å². The van der Waals surface area contributed by atoms with Crippen LogP contribution in [0, 0.1) is 20.8 Å². The molecule has 0 unspecified atom stereocenters. The molecule has 2 aromatic rings. The Morgan fingerprint density at radius 3 is 2.18 bits per heavy atom. The number of aromatic nitrogens is 1. The molecule has 0 radical (unpaired) electrons. The number of pyridine rings is 1. The van der Waals surface area contributed by atoms with Crippen LogP contribution in [0.1, 0.15) is 54.6 Å². The Kier molecular flexibility index (Phi) is 4.74. The topological polar surface area (TPSA) is 42.1 Å². The first-order chi connectivity index (χ1) is 10.3. The van der Waals surface area contributed by atoms with Gasteiger partial charge in [0, 0.05) is 11.3 Å². The SMILES string of the molecule is CCc1c(C)[nH]c(=O)c(C(C)C)c1Oc1cc(C)cc(C)c1. The summed E-state index contributed by atoms with van der Waals surface area (Å²) in [6, 6.07) is 6.13. The highest BCUT2D eigenvalue weighted by Gasteiger charge is 2.19. The molecule has 0 atom stereocenters. The lowest BCUT2D eigenvalue weighted by molar-refractivity contribution is 0.463. The first-order valence-electron chi connectivity index (χ1n) is 7.85. The van der Waals surface area contributed by atoms with Crippen molar-refractivity contribution in [2.45, 2.75) is 53.9 Å². The summed E-state index contributed by atoms with van der Waals surface area (Å²) < 4.78 is 6.20. The van der Waals surface area contributed by atoms with Crippen LogP contribution < -0.4 is 10.3 Å². The molecule has 1 aromatic heterocycles. The first kappa shape index (κ1) is 16.3. The number of rotatable bonds is 4. The van der Waals surface area contributed by atoms with Gasteiger partial charge in [-0.05, 0) is 56.4 Å². The monoisotopic (exact) mass is 299 g/mol. The summed E-state index contributed by atoms with van der Waals surface area (Å²) in [5, 5.41) is 0. The minimum Gasteiger partial charge on any atom is -0.456 e. The Labute approximate surface area is 132 Å². The van der Waals surface area contributed by atoms with Gasteiger partial charge in [0.25, 0.3) is 5.56 Å². The second-order valence-corrected chi connectivity index (χ2v) is 6.23. The number of benzene rings is 1. The average molecular weight is 299 g/mol. The van der Waals surface area contributed by atoms with Gasteiger partial charge in [-0.25, -0.2) is 0 Å². The maximum absolute atomic E-state index is 12.4. The van der Waals surface area contributed by atoms with Gasteiger partial charge in [-0.15, -0.1) is 0 Å². The van der Waals surface area contributed by atoms with E-state index in [4.69, 9.17) is 4.74 Å². The highest BCUT2D eigenvalue weighted by Crippen LogP contribution is 2.33. The molecule has 3 heteroatoms. The molecule has 1 aromatic carbocycles. The second kappa shape index (κ2) is 6.39. The fourth-order valence-electron chi connectivity index (χ4n) is 2.93. The summed E-state index contributed by atoms with van der Waals surface area (Å²) in [6.45, 7) is 12.2. The normalized spacial score (nSPS) is 11.0. The van der Waals surface area contributed by atoms with E-state index in [1.807, 2.05) is 46.8 Å². The Morgan fingerprint density at radius 2 is 1.68 bits per heavy atom. The van der Waals surface area contributed by atoms with Crippen molar-refractivity contribution in [3.8, 4) is 11.5 Å². The van der Waals surface area contributed by atoms with Crippen molar-refractivity contribution < 1.29 is 4.74 Å². The van der Waals surface area contributed by atoms with Crippen LogP contribution in [0.3, 0.4) is 0 Å². The van der Waals surface area contributed by atoms with Gasteiger partial charge >= 0.3 is 0 Å². The zero-order valence-corrected chi connectivity index (χ0v) is 14.3. The molecule has 0 aliphatic rings. The van der Waals surface area contributed by atoms with Crippen LogP contribution in [0.5, 0.6) is 11.5 Å². The molecule has 0 aliphatic carbocycles. The van der Waals surface area contributed by atoms with Gasteiger partial charge in [-0.1, -0.05) is 26.8 Å². The predicted molar refractivity (Wildman–Crippen MR) is 91.3 cm³/mol. The van der Waals surface area contributed by atoms with E-state index < -0.39 is 0 Å². The van der Waals surface area contributed by atoms with Gasteiger partial charge in [0.1, 0.15) is 11.5 Å². The first-order valence-corrected chi connectivity index (χ1v) is 7.85. The molecular formula is C19H25NO2. The number of aryl methyl sites for hydroxylation is 3. The van der Waals surface area contributed by atoms with Gasteiger partial charge in [0.05, 0.1) is 5.56 Å². The van der Waals surface area contributed by atoms with E-state index in [1.165, 1.54) is 0 Å². The van der Waals surface area contributed by atoms with Crippen LogP contribution in [0.2, 0.25) is 0 Å². The van der Waals surface area contributed by atoms with Gasteiger partial charge in [-0.3, -0.25) is 4.79 Å². The van der Waals surface area contributed by atoms with Gasteiger partial charge in [0.2, 0.25) is 0 Å². The molecule has 0 saturated heterocycles. The number of nitrogens with one attached hydrogen (secondary N) is 1. The second-order valence-electron chi connectivity index (χ2n) is 6.23. The zero-order chi connectivity index (χ0) is 16.4. The lowest BCUT2D eigenvalue weighted by Crippen LogP contribution is -2.18. The smallest absolute Gasteiger partial charge is 0.255 e. The van der Waals surface area contributed by atoms with Crippen molar-refractivity contribution in [3.63, 3.8) is 0 Å².